The van der Waals surface area contributed by atoms with Crippen molar-refractivity contribution >= 4 is 11.9 Å². The van der Waals surface area contributed by atoms with Crippen LogP contribution < -0.4 is 15.4 Å². The van der Waals surface area contributed by atoms with Crippen molar-refractivity contribution in [2.45, 2.75) is 44.3 Å². The fraction of sp³-hybridized carbons (Fsp3) is 0.391. The summed E-state index contributed by atoms with van der Waals surface area (Å²) in [7, 11) is 1.63. The van der Waals surface area contributed by atoms with Crippen LogP contribution in [0.1, 0.15) is 24.5 Å². The van der Waals surface area contributed by atoms with E-state index in [-0.39, 0.29) is 36.4 Å². The topological polar surface area (TPSA) is 76.7 Å². The number of benzene rings is 2. The zero-order valence-corrected chi connectivity index (χ0v) is 16.9. The Balaban J connectivity index is 1.73. The lowest BCUT2D eigenvalue weighted by molar-refractivity contribution is -0.145. The molecule has 3 atom stereocenters. The van der Waals surface area contributed by atoms with Crippen molar-refractivity contribution in [3.05, 3.63) is 65.7 Å². The highest BCUT2D eigenvalue weighted by molar-refractivity contribution is 5.84. The van der Waals surface area contributed by atoms with Gasteiger partial charge in [0.15, 0.2) is 0 Å². The van der Waals surface area contributed by atoms with Crippen LogP contribution in [-0.2, 0) is 27.2 Å². The molecule has 0 aromatic heterocycles. The van der Waals surface area contributed by atoms with Crippen LogP contribution in [-0.4, -0.2) is 43.7 Å². The van der Waals surface area contributed by atoms with E-state index < -0.39 is 0 Å². The average molecular weight is 396 g/mol. The maximum atomic E-state index is 12.7. The van der Waals surface area contributed by atoms with Gasteiger partial charge in [0.05, 0.1) is 26.2 Å². The van der Waals surface area contributed by atoms with Crippen molar-refractivity contribution in [3.8, 4) is 5.75 Å². The van der Waals surface area contributed by atoms with Crippen LogP contribution in [0.25, 0.3) is 0 Å². The number of hydrogen-bond donors (Lipinski definition) is 2. The van der Waals surface area contributed by atoms with Gasteiger partial charge in [0, 0.05) is 12.1 Å². The first-order valence-corrected chi connectivity index (χ1v) is 9.98. The third-order valence-corrected chi connectivity index (χ3v) is 5.13. The summed E-state index contributed by atoms with van der Waals surface area (Å²) in [6, 6.07) is 16.8. The molecule has 1 aliphatic rings. The second kappa shape index (κ2) is 10.1. The molecule has 1 amide bonds. The first-order chi connectivity index (χ1) is 14.1. The molecule has 0 spiro atoms. The summed E-state index contributed by atoms with van der Waals surface area (Å²) in [4.78, 5) is 24.9. The van der Waals surface area contributed by atoms with Gasteiger partial charge in [-0.05, 0) is 43.0 Å². The minimum Gasteiger partial charge on any atom is -0.497 e. The van der Waals surface area contributed by atoms with E-state index in [2.05, 4.69) is 10.6 Å². The van der Waals surface area contributed by atoms with Crippen molar-refractivity contribution < 1.29 is 19.1 Å². The molecule has 6 heteroatoms. The first kappa shape index (κ1) is 20.9. The van der Waals surface area contributed by atoms with Crippen LogP contribution in [0.3, 0.4) is 0 Å². The summed E-state index contributed by atoms with van der Waals surface area (Å²) >= 11 is 0. The zero-order valence-electron chi connectivity index (χ0n) is 16.9. The summed E-state index contributed by atoms with van der Waals surface area (Å²) < 4.78 is 10.3. The number of rotatable bonds is 8. The molecule has 2 aromatic rings. The van der Waals surface area contributed by atoms with E-state index in [0.29, 0.717) is 19.4 Å². The Morgan fingerprint density at radius 2 is 1.66 bits per heavy atom. The molecule has 1 heterocycles. The molecule has 2 aromatic carbocycles. The number of carbonyl (C=O) groups is 2. The SMILES string of the molecule is CCOC(=O)C[C@@H]1N[C@H](Cc2ccccc2)C(=O)N[C@H]1Cc1ccc(OC)cc1. The molecule has 2 N–H and O–H groups in total. The standard InChI is InChI=1S/C23H28N2O4/c1-3-29-22(26)15-20-19(13-17-9-11-18(28-2)12-10-17)25-23(27)21(24-20)14-16-7-5-4-6-8-16/h4-12,19-21,24H,3,13-15H2,1-2H3,(H,25,27)/t19-,20-,21+/m0/s1. The summed E-state index contributed by atoms with van der Waals surface area (Å²) in [5, 5.41) is 6.52. The number of carbonyl (C=O) groups excluding carboxylic acids is 2. The number of hydrogen-bond acceptors (Lipinski definition) is 5. The van der Waals surface area contributed by atoms with E-state index in [1.807, 2.05) is 54.6 Å². The van der Waals surface area contributed by atoms with E-state index >= 15 is 0 Å². The minimum atomic E-state index is -0.385. The number of esters is 1. The molecule has 0 bridgehead atoms. The zero-order chi connectivity index (χ0) is 20.6. The van der Waals surface area contributed by atoms with Gasteiger partial charge in [-0.1, -0.05) is 42.5 Å². The third kappa shape index (κ3) is 5.81. The molecule has 0 radical (unpaired) electrons. The van der Waals surface area contributed by atoms with Crippen LogP contribution in [0.5, 0.6) is 5.75 Å². The molecule has 0 saturated carbocycles. The first-order valence-electron chi connectivity index (χ1n) is 9.98. The van der Waals surface area contributed by atoms with E-state index in [9.17, 15) is 9.59 Å². The van der Waals surface area contributed by atoms with Crippen molar-refractivity contribution in [2.24, 2.45) is 0 Å². The summed E-state index contributed by atoms with van der Waals surface area (Å²) in [5.41, 5.74) is 2.14. The fourth-order valence-corrected chi connectivity index (χ4v) is 3.65. The summed E-state index contributed by atoms with van der Waals surface area (Å²) in [6.07, 6.45) is 1.40. The lowest BCUT2D eigenvalue weighted by Crippen LogP contribution is -2.65. The van der Waals surface area contributed by atoms with Gasteiger partial charge in [0.2, 0.25) is 5.91 Å². The smallest absolute Gasteiger partial charge is 0.307 e. The van der Waals surface area contributed by atoms with Crippen molar-refractivity contribution in [2.75, 3.05) is 13.7 Å². The van der Waals surface area contributed by atoms with Crippen LogP contribution in [0.2, 0.25) is 0 Å². The molecule has 1 fully saturated rings. The van der Waals surface area contributed by atoms with Crippen LogP contribution in [0.4, 0.5) is 0 Å². The number of piperazine rings is 1. The van der Waals surface area contributed by atoms with E-state index in [1.165, 1.54) is 0 Å². The molecule has 1 aliphatic heterocycles. The average Bonchev–Trinajstić information content (AvgIpc) is 2.73. The predicted molar refractivity (Wildman–Crippen MR) is 111 cm³/mol. The Hall–Kier alpha value is -2.86. The molecular weight excluding hydrogens is 368 g/mol. The van der Waals surface area contributed by atoms with Gasteiger partial charge in [0.25, 0.3) is 0 Å². The number of ether oxygens (including phenoxy) is 2. The predicted octanol–water partition coefficient (Wildman–Crippen LogP) is 2.26. The third-order valence-electron chi connectivity index (χ3n) is 5.13. The highest BCUT2D eigenvalue weighted by atomic mass is 16.5. The molecule has 0 aliphatic carbocycles. The van der Waals surface area contributed by atoms with Crippen molar-refractivity contribution in [3.63, 3.8) is 0 Å². The lowest BCUT2D eigenvalue weighted by Gasteiger charge is -2.37. The maximum Gasteiger partial charge on any atom is 0.307 e. The Labute approximate surface area is 171 Å². The summed E-state index contributed by atoms with van der Waals surface area (Å²) in [6.45, 7) is 2.13. The second-order valence-corrected chi connectivity index (χ2v) is 7.19. The van der Waals surface area contributed by atoms with Crippen molar-refractivity contribution in [1.29, 1.82) is 0 Å². The van der Waals surface area contributed by atoms with Crippen molar-refractivity contribution in [1.82, 2.24) is 10.6 Å². The Kier molecular flexibility index (Phi) is 7.25. The van der Waals surface area contributed by atoms with Gasteiger partial charge >= 0.3 is 5.97 Å². The van der Waals surface area contributed by atoms with Crippen LogP contribution in [0, 0.1) is 0 Å². The van der Waals surface area contributed by atoms with Gasteiger partial charge in [0.1, 0.15) is 5.75 Å². The van der Waals surface area contributed by atoms with Crippen LogP contribution >= 0.6 is 0 Å². The Bertz CT molecular complexity index is 807. The number of nitrogens with one attached hydrogen (secondary N) is 2. The minimum absolute atomic E-state index is 0.0486. The quantitative estimate of drug-likeness (QED) is 0.670. The second-order valence-electron chi connectivity index (χ2n) is 7.19. The molecule has 29 heavy (non-hydrogen) atoms. The molecule has 3 rings (SSSR count). The monoisotopic (exact) mass is 396 g/mol. The largest absolute Gasteiger partial charge is 0.497 e. The van der Waals surface area contributed by atoms with Gasteiger partial charge in [-0.2, -0.15) is 0 Å². The normalized spacial score (nSPS) is 21.3. The molecule has 154 valence electrons. The highest BCUT2D eigenvalue weighted by Crippen LogP contribution is 2.18. The number of amides is 1. The van der Waals surface area contributed by atoms with Gasteiger partial charge in [-0.25, -0.2) is 0 Å². The molecule has 1 saturated heterocycles. The Morgan fingerprint density at radius 3 is 2.31 bits per heavy atom. The highest BCUT2D eigenvalue weighted by Gasteiger charge is 2.36. The van der Waals surface area contributed by atoms with Gasteiger partial charge < -0.3 is 20.1 Å². The fourth-order valence-electron chi connectivity index (χ4n) is 3.65. The van der Waals surface area contributed by atoms with Gasteiger partial charge in [-0.3, -0.25) is 9.59 Å². The van der Waals surface area contributed by atoms with Gasteiger partial charge in [-0.15, -0.1) is 0 Å². The molecule has 0 unspecified atom stereocenters. The van der Waals surface area contributed by atoms with Crippen LogP contribution in [0.15, 0.2) is 54.6 Å². The number of methoxy groups -OCH3 is 1. The van der Waals surface area contributed by atoms with E-state index in [1.54, 1.807) is 14.0 Å². The van der Waals surface area contributed by atoms with E-state index in [0.717, 1.165) is 16.9 Å². The molecular formula is C23H28N2O4. The lowest BCUT2D eigenvalue weighted by atomic mass is 9.91. The molecule has 6 nitrogen and oxygen atoms in total. The maximum absolute atomic E-state index is 12.7. The Morgan fingerprint density at radius 1 is 0.966 bits per heavy atom. The summed E-state index contributed by atoms with van der Waals surface area (Å²) in [5.74, 6) is 0.470. The van der Waals surface area contributed by atoms with E-state index in [4.69, 9.17) is 9.47 Å².